The summed E-state index contributed by atoms with van der Waals surface area (Å²) >= 11 is 0. The van der Waals surface area contributed by atoms with E-state index in [0.717, 1.165) is 25.0 Å². The summed E-state index contributed by atoms with van der Waals surface area (Å²) in [6.07, 6.45) is 1.46. The van der Waals surface area contributed by atoms with Crippen molar-refractivity contribution in [3.8, 4) is 0 Å². The molecule has 28 heavy (non-hydrogen) atoms. The lowest BCUT2D eigenvalue weighted by Gasteiger charge is -2.25. The smallest absolute Gasteiger partial charge is 0.254 e. The number of likely N-dealkylation sites (N-methyl/N-ethyl adjacent to an activating group) is 1. The topological polar surface area (TPSA) is 86.8 Å². The third-order valence-electron chi connectivity index (χ3n) is 4.38. The van der Waals surface area contributed by atoms with Crippen molar-refractivity contribution in [2.24, 2.45) is 0 Å². The predicted molar refractivity (Wildman–Crippen MR) is 104 cm³/mol. The van der Waals surface area contributed by atoms with Crippen LogP contribution in [0.2, 0.25) is 0 Å². The van der Waals surface area contributed by atoms with Crippen LogP contribution in [0.25, 0.3) is 0 Å². The van der Waals surface area contributed by atoms with Crippen LogP contribution in [0.5, 0.6) is 0 Å². The van der Waals surface area contributed by atoms with Crippen molar-refractivity contribution in [1.29, 1.82) is 0 Å². The fraction of sp³-hybridized carbons (Fsp3) is 0.579. The number of benzene rings is 1. The number of amides is 2. The van der Waals surface area contributed by atoms with Crippen LogP contribution in [0.15, 0.2) is 23.1 Å². The molecular weight excluding hydrogens is 385 g/mol. The van der Waals surface area contributed by atoms with Gasteiger partial charge < -0.3 is 10.2 Å². The molecule has 0 radical (unpaired) electrons. The lowest BCUT2D eigenvalue weighted by atomic mass is 10.1. The fourth-order valence-corrected chi connectivity index (χ4v) is 4.65. The summed E-state index contributed by atoms with van der Waals surface area (Å²) in [7, 11) is -4.00. The first-order chi connectivity index (χ1) is 13.0. The third kappa shape index (κ3) is 5.29. The van der Waals surface area contributed by atoms with E-state index in [4.69, 9.17) is 0 Å². The van der Waals surface area contributed by atoms with E-state index >= 15 is 0 Å². The quantitative estimate of drug-likeness (QED) is 0.773. The third-order valence-corrected chi connectivity index (χ3v) is 6.29. The molecule has 1 saturated heterocycles. The van der Waals surface area contributed by atoms with Crippen LogP contribution < -0.4 is 5.32 Å². The first kappa shape index (κ1) is 22.3. The Bertz CT molecular complexity index is 843. The average Bonchev–Trinajstić information content (AvgIpc) is 3.13. The van der Waals surface area contributed by atoms with Gasteiger partial charge in [-0.3, -0.25) is 9.59 Å². The van der Waals surface area contributed by atoms with E-state index in [1.807, 2.05) is 20.8 Å². The fourth-order valence-electron chi connectivity index (χ4n) is 3.04. The van der Waals surface area contributed by atoms with E-state index in [9.17, 15) is 22.4 Å². The van der Waals surface area contributed by atoms with Crippen molar-refractivity contribution in [1.82, 2.24) is 14.5 Å². The maximum Gasteiger partial charge on any atom is 0.254 e. The molecule has 1 aliphatic rings. The summed E-state index contributed by atoms with van der Waals surface area (Å²) in [6, 6.07) is 3.29. The molecular formula is C19H28FN3O4S. The van der Waals surface area contributed by atoms with E-state index in [0.29, 0.717) is 13.1 Å². The Hall–Kier alpha value is -2.00. The maximum absolute atomic E-state index is 14.3. The minimum Gasteiger partial charge on any atom is -0.350 e. The summed E-state index contributed by atoms with van der Waals surface area (Å²) in [5.74, 6) is -1.74. The lowest BCUT2D eigenvalue weighted by molar-refractivity contribution is -0.123. The second-order valence-electron chi connectivity index (χ2n) is 7.87. The van der Waals surface area contributed by atoms with Crippen LogP contribution >= 0.6 is 0 Å². The monoisotopic (exact) mass is 413 g/mol. The molecule has 1 aromatic rings. The summed E-state index contributed by atoms with van der Waals surface area (Å²) in [5.41, 5.74) is -0.406. The van der Waals surface area contributed by atoms with Crippen LogP contribution in [-0.2, 0) is 14.8 Å². The normalized spacial score (nSPS) is 15.5. The van der Waals surface area contributed by atoms with E-state index in [-0.39, 0.29) is 24.6 Å². The Kier molecular flexibility index (Phi) is 6.82. The van der Waals surface area contributed by atoms with Gasteiger partial charge in [-0.15, -0.1) is 0 Å². The van der Waals surface area contributed by atoms with Gasteiger partial charge in [-0.05, 0) is 58.7 Å². The van der Waals surface area contributed by atoms with E-state index in [1.54, 1.807) is 6.92 Å². The van der Waals surface area contributed by atoms with Crippen LogP contribution in [-0.4, -0.2) is 61.2 Å². The van der Waals surface area contributed by atoms with Gasteiger partial charge in [0.2, 0.25) is 15.9 Å². The Labute approximate surface area is 165 Å². The van der Waals surface area contributed by atoms with Gasteiger partial charge in [0.25, 0.3) is 5.91 Å². The molecule has 1 aromatic carbocycles. The van der Waals surface area contributed by atoms with Gasteiger partial charge in [0.05, 0.1) is 6.54 Å². The van der Waals surface area contributed by atoms with Crippen molar-refractivity contribution in [3.63, 3.8) is 0 Å². The van der Waals surface area contributed by atoms with Crippen LogP contribution in [0.3, 0.4) is 0 Å². The van der Waals surface area contributed by atoms with Gasteiger partial charge in [0, 0.05) is 30.7 Å². The molecule has 0 aliphatic carbocycles. The van der Waals surface area contributed by atoms with Crippen molar-refractivity contribution < 1.29 is 22.4 Å². The minimum absolute atomic E-state index is 0.0320. The maximum atomic E-state index is 14.3. The van der Waals surface area contributed by atoms with Crippen LogP contribution in [0.4, 0.5) is 4.39 Å². The molecule has 0 aromatic heterocycles. The Morgan fingerprint density at radius 3 is 2.36 bits per heavy atom. The highest BCUT2D eigenvalue weighted by molar-refractivity contribution is 7.89. The Balaban J connectivity index is 2.26. The van der Waals surface area contributed by atoms with Gasteiger partial charge in [0.1, 0.15) is 10.7 Å². The molecule has 1 fully saturated rings. The second-order valence-corrected chi connectivity index (χ2v) is 9.78. The zero-order valence-electron chi connectivity index (χ0n) is 16.8. The molecule has 7 nitrogen and oxygen atoms in total. The number of halogens is 1. The number of carbonyl (C=O) groups is 2. The summed E-state index contributed by atoms with van der Waals surface area (Å²) in [5, 5.41) is 2.78. The Morgan fingerprint density at radius 2 is 1.82 bits per heavy atom. The zero-order valence-corrected chi connectivity index (χ0v) is 17.6. The van der Waals surface area contributed by atoms with Gasteiger partial charge in [-0.25, -0.2) is 12.8 Å². The van der Waals surface area contributed by atoms with Crippen LogP contribution in [0.1, 0.15) is 50.9 Å². The minimum atomic E-state index is -4.00. The van der Waals surface area contributed by atoms with Crippen molar-refractivity contribution >= 4 is 21.8 Å². The number of carbonyl (C=O) groups excluding carboxylic acids is 2. The first-order valence-electron chi connectivity index (χ1n) is 9.35. The zero-order chi connectivity index (χ0) is 21.1. The van der Waals surface area contributed by atoms with Crippen molar-refractivity contribution in [3.05, 3.63) is 29.6 Å². The van der Waals surface area contributed by atoms with Crippen molar-refractivity contribution in [2.45, 2.75) is 51.0 Å². The predicted octanol–water partition coefficient (Wildman–Crippen LogP) is 1.99. The molecule has 1 N–H and O–H groups in total. The largest absolute Gasteiger partial charge is 0.350 e. The SMILES string of the molecule is CCN(CC(=O)NC(C)(C)C)C(=O)c1ccc(F)c(S(=O)(=O)N2CCCC2)c1. The molecule has 2 amide bonds. The highest BCUT2D eigenvalue weighted by atomic mass is 32.2. The Morgan fingerprint density at radius 1 is 1.21 bits per heavy atom. The molecule has 0 unspecified atom stereocenters. The second kappa shape index (κ2) is 8.57. The van der Waals surface area contributed by atoms with Gasteiger partial charge in [0.15, 0.2) is 0 Å². The average molecular weight is 414 g/mol. The lowest BCUT2D eigenvalue weighted by Crippen LogP contribution is -2.47. The van der Waals surface area contributed by atoms with Gasteiger partial charge in [-0.2, -0.15) is 4.31 Å². The molecule has 156 valence electrons. The first-order valence-corrected chi connectivity index (χ1v) is 10.8. The number of sulfonamides is 1. The molecule has 0 saturated carbocycles. The van der Waals surface area contributed by atoms with E-state index in [1.165, 1.54) is 15.3 Å². The molecule has 1 heterocycles. The highest BCUT2D eigenvalue weighted by Gasteiger charge is 2.31. The number of hydrogen-bond donors (Lipinski definition) is 1. The summed E-state index contributed by atoms with van der Waals surface area (Å²) < 4.78 is 40.9. The number of rotatable bonds is 6. The number of hydrogen-bond acceptors (Lipinski definition) is 4. The summed E-state index contributed by atoms with van der Waals surface area (Å²) in [6.45, 7) is 7.98. The molecule has 0 atom stereocenters. The van der Waals surface area contributed by atoms with E-state index in [2.05, 4.69) is 5.32 Å². The molecule has 1 aliphatic heterocycles. The standard InChI is InChI=1S/C19H28FN3O4S/c1-5-22(13-17(24)21-19(2,3)4)18(25)14-8-9-15(20)16(12-14)28(26,27)23-10-6-7-11-23/h8-9,12H,5-7,10-11,13H2,1-4H3,(H,21,24). The molecule has 0 spiro atoms. The summed E-state index contributed by atoms with van der Waals surface area (Å²) in [4.78, 5) is 25.7. The molecule has 9 heteroatoms. The molecule has 2 rings (SSSR count). The van der Waals surface area contributed by atoms with Gasteiger partial charge >= 0.3 is 0 Å². The number of nitrogens with zero attached hydrogens (tertiary/aromatic N) is 2. The van der Waals surface area contributed by atoms with E-state index < -0.39 is 32.2 Å². The van der Waals surface area contributed by atoms with Crippen molar-refractivity contribution in [2.75, 3.05) is 26.2 Å². The van der Waals surface area contributed by atoms with Crippen LogP contribution in [0, 0.1) is 5.82 Å². The number of nitrogens with one attached hydrogen (secondary N) is 1. The molecule has 0 bridgehead atoms. The highest BCUT2D eigenvalue weighted by Crippen LogP contribution is 2.24. The van der Waals surface area contributed by atoms with Gasteiger partial charge in [-0.1, -0.05) is 0 Å².